The third-order valence-corrected chi connectivity index (χ3v) is 3.83. The summed E-state index contributed by atoms with van der Waals surface area (Å²) >= 11 is 11.8. The molecule has 0 heterocycles. The molecule has 2 aromatic rings. The zero-order valence-electron chi connectivity index (χ0n) is 14.1. The van der Waals surface area contributed by atoms with Gasteiger partial charge in [-0.25, -0.2) is 4.79 Å². The quantitative estimate of drug-likeness (QED) is 0.647. The summed E-state index contributed by atoms with van der Waals surface area (Å²) in [4.78, 5) is 23.0. The van der Waals surface area contributed by atoms with Crippen molar-refractivity contribution in [3.05, 3.63) is 52.5 Å². The molecule has 0 saturated heterocycles. The van der Waals surface area contributed by atoms with Crippen LogP contribution in [0.5, 0.6) is 5.75 Å². The smallest absolute Gasteiger partial charge is 0.411 e. The SMILES string of the molecule is COC(=O)Nc1ccc(NC(=O)CCCOc2ccc(Cl)cc2Cl)cc1. The van der Waals surface area contributed by atoms with Crippen molar-refractivity contribution >= 4 is 46.6 Å². The van der Waals surface area contributed by atoms with E-state index in [-0.39, 0.29) is 5.91 Å². The van der Waals surface area contributed by atoms with Gasteiger partial charge in [0.15, 0.2) is 0 Å². The van der Waals surface area contributed by atoms with Gasteiger partial charge < -0.3 is 14.8 Å². The lowest BCUT2D eigenvalue weighted by atomic mass is 10.2. The highest BCUT2D eigenvalue weighted by Crippen LogP contribution is 2.27. The first kappa shape index (κ1) is 19.9. The van der Waals surface area contributed by atoms with E-state index in [4.69, 9.17) is 27.9 Å². The highest BCUT2D eigenvalue weighted by atomic mass is 35.5. The standard InChI is InChI=1S/C18H18Cl2N2O4/c1-25-18(24)22-14-7-5-13(6-8-14)21-17(23)3-2-10-26-16-9-4-12(19)11-15(16)20/h4-9,11H,2-3,10H2,1H3,(H,21,23)(H,22,24). The van der Waals surface area contributed by atoms with Gasteiger partial charge in [0.1, 0.15) is 5.75 Å². The highest BCUT2D eigenvalue weighted by Gasteiger charge is 2.06. The monoisotopic (exact) mass is 396 g/mol. The summed E-state index contributed by atoms with van der Waals surface area (Å²) in [6.45, 7) is 0.358. The molecule has 2 N–H and O–H groups in total. The van der Waals surface area contributed by atoms with Crippen molar-refractivity contribution in [2.24, 2.45) is 0 Å². The minimum absolute atomic E-state index is 0.135. The number of rotatable bonds is 7. The first-order valence-corrected chi connectivity index (χ1v) is 8.56. The highest BCUT2D eigenvalue weighted by molar-refractivity contribution is 6.35. The minimum atomic E-state index is -0.553. The molecule has 0 saturated carbocycles. The molecule has 2 aromatic carbocycles. The van der Waals surface area contributed by atoms with Crippen molar-refractivity contribution in [1.29, 1.82) is 0 Å². The molecule has 0 radical (unpaired) electrons. The van der Waals surface area contributed by atoms with Gasteiger partial charge in [-0.3, -0.25) is 10.1 Å². The first-order valence-electron chi connectivity index (χ1n) is 7.80. The Kier molecular flexibility index (Phi) is 7.56. The van der Waals surface area contributed by atoms with Crippen molar-refractivity contribution in [3.63, 3.8) is 0 Å². The fourth-order valence-electron chi connectivity index (χ4n) is 2.04. The lowest BCUT2D eigenvalue weighted by Gasteiger charge is -2.09. The summed E-state index contributed by atoms with van der Waals surface area (Å²) in [6.07, 6.45) is 0.280. The summed E-state index contributed by atoms with van der Waals surface area (Å²) in [5, 5.41) is 6.27. The van der Waals surface area contributed by atoms with E-state index in [1.165, 1.54) is 7.11 Å². The second kappa shape index (κ2) is 9.89. The van der Waals surface area contributed by atoms with Gasteiger partial charge in [0, 0.05) is 22.8 Å². The van der Waals surface area contributed by atoms with E-state index in [0.717, 1.165) is 0 Å². The Morgan fingerprint density at radius 3 is 2.27 bits per heavy atom. The predicted molar refractivity (Wildman–Crippen MR) is 102 cm³/mol. The molecule has 0 aliphatic carbocycles. The van der Waals surface area contributed by atoms with Crippen LogP contribution in [0.3, 0.4) is 0 Å². The Labute approximate surface area is 161 Å². The van der Waals surface area contributed by atoms with Crippen LogP contribution in [0.1, 0.15) is 12.8 Å². The van der Waals surface area contributed by atoms with E-state index in [1.54, 1.807) is 42.5 Å². The average molecular weight is 397 g/mol. The van der Waals surface area contributed by atoms with Crippen LogP contribution in [-0.2, 0) is 9.53 Å². The number of amides is 2. The number of methoxy groups -OCH3 is 1. The summed E-state index contributed by atoms with van der Waals surface area (Å²) in [5.74, 6) is 0.398. The number of hydrogen-bond acceptors (Lipinski definition) is 4. The van der Waals surface area contributed by atoms with Gasteiger partial charge in [0.2, 0.25) is 5.91 Å². The molecule has 6 nitrogen and oxygen atoms in total. The Morgan fingerprint density at radius 1 is 1.00 bits per heavy atom. The zero-order chi connectivity index (χ0) is 18.9. The Bertz CT molecular complexity index is 766. The lowest BCUT2D eigenvalue weighted by Crippen LogP contribution is -2.13. The van der Waals surface area contributed by atoms with Gasteiger partial charge in [-0.05, 0) is 48.9 Å². The molecule has 0 aromatic heterocycles. The number of halogens is 2. The Morgan fingerprint density at radius 2 is 1.65 bits per heavy atom. The Hall–Kier alpha value is -2.44. The van der Waals surface area contributed by atoms with E-state index >= 15 is 0 Å². The molecule has 0 atom stereocenters. The van der Waals surface area contributed by atoms with E-state index in [2.05, 4.69) is 15.4 Å². The normalized spacial score (nSPS) is 10.1. The van der Waals surface area contributed by atoms with Gasteiger partial charge >= 0.3 is 6.09 Å². The van der Waals surface area contributed by atoms with Gasteiger partial charge in [0.25, 0.3) is 0 Å². The number of carbonyl (C=O) groups excluding carboxylic acids is 2. The van der Waals surface area contributed by atoms with Crippen LogP contribution in [0.4, 0.5) is 16.2 Å². The number of carbonyl (C=O) groups is 2. The number of hydrogen-bond donors (Lipinski definition) is 2. The molecule has 8 heteroatoms. The van der Waals surface area contributed by atoms with Crippen LogP contribution in [0.25, 0.3) is 0 Å². The fourth-order valence-corrected chi connectivity index (χ4v) is 2.50. The van der Waals surface area contributed by atoms with E-state index in [9.17, 15) is 9.59 Å². The van der Waals surface area contributed by atoms with Crippen molar-refractivity contribution in [3.8, 4) is 5.75 Å². The maximum absolute atomic E-state index is 11.9. The minimum Gasteiger partial charge on any atom is -0.492 e. The topological polar surface area (TPSA) is 76.7 Å². The van der Waals surface area contributed by atoms with Crippen LogP contribution in [-0.4, -0.2) is 25.7 Å². The number of anilines is 2. The van der Waals surface area contributed by atoms with Crippen molar-refractivity contribution in [1.82, 2.24) is 0 Å². The van der Waals surface area contributed by atoms with E-state index < -0.39 is 6.09 Å². The number of benzene rings is 2. The molecule has 2 rings (SSSR count). The van der Waals surface area contributed by atoms with Crippen molar-refractivity contribution < 1.29 is 19.1 Å². The molecule has 2 amide bonds. The van der Waals surface area contributed by atoms with E-state index in [0.29, 0.717) is 46.6 Å². The third kappa shape index (κ3) is 6.46. The molecular formula is C18H18Cl2N2O4. The van der Waals surface area contributed by atoms with Crippen molar-refractivity contribution in [2.45, 2.75) is 12.8 Å². The predicted octanol–water partition coefficient (Wildman–Crippen LogP) is 4.97. The molecular weight excluding hydrogens is 379 g/mol. The summed E-state index contributed by atoms with van der Waals surface area (Å²) in [6, 6.07) is 11.7. The van der Waals surface area contributed by atoms with Crippen LogP contribution >= 0.6 is 23.2 Å². The summed E-state index contributed by atoms with van der Waals surface area (Å²) < 4.78 is 10.0. The molecule has 0 aliphatic heterocycles. The average Bonchev–Trinajstić information content (AvgIpc) is 2.61. The van der Waals surface area contributed by atoms with Crippen molar-refractivity contribution in [2.75, 3.05) is 24.4 Å². The molecule has 26 heavy (non-hydrogen) atoms. The van der Waals surface area contributed by atoms with Gasteiger partial charge in [-0.2, -0.15) is 0 Å². The molecule has 0 unspecified atom stereocenters. The van der Waals surface area contributed by atoms with Crippen LogP contribution in [0.15, 0.2) is 42.5 Å². The third-order valence-electron chi connectivity index (χ3n) is 3.30. The first-order chi connectivity index (χ1) is 12.5. The summed E-state index contributed by atoms with van der Waals surface area (Å²) in [5.41, 5.74) is 1.20. The Balaban J connectivity index is 1.72. The van der Waals surface area contributed by atoms with Crippen LogP contribution in [0.2, 0.25) is 10.0 Å². The van der Waals surface area contributed by atoms with Gasteiger partial charge in [-0.15, -0.1) is 0 Å². The summed E-state index contributed by atoms with van der Waals surface area (Å²) in [7, 11) is 1.29. The maximum Gasteiger partial charge on any atom is 0.411 e. The lowest BCUT2D eigenvalue weighted by molar-refractivity contribution is -0.116. The second-order valence-electron chi connectivity index (χ2n) is 5.27. The number of ether oxygens (including phenoxy) is 2. The maximum atomic E-state index is 11.9. The molecule has 0 bridgehead atoms. The molecule has 0 spiro atoms. The number of nitrogens with one attached hydrogen (secondary N) is 2. The largest absolute Gasteiger partial charge is 0.492 e. The van der Waals surface area contributed by atoms with Crippen LogP contribution in [0, 0.1) is 0 Å². The van der Waals surface area contributed by atoms with Crippen LogP contribution < -0.4 is 15.4 Å². The zero-order valence-corrected chi connectivity index (χ0v) is 15.6. The van der Waals surface area contributed by atoms with E-state index in [1.807, 2.05) is 0 Å². The van der Waals surface area contributed by atoms with Gasteiger partial charge in [-0.1, -0.05) is 23.2 Å². The molecule has 138 valence electrons. The second-order valence-corrected chi connectivity index (χ2v) is 6.11. The van der Waals surface area contributed by atoms with Gasteiger partial charge in [0.05, 0.1) is 18.7 Å². The fraction of sp³-hybridized carbons (Fsp3) is 0.222. The molecule has 0 aliphatic rings. The molecule has 0 fully saturated rings.